The van der Waals surface area contributed by atoms with Crippen molar-refractivity contribution in [1.82, 2.24) is 5.32 Å². The van der Waals surface area contributed by atoms with Crippen LogP contribution in [0, 0.1) is 11.3 Å². The van der Waals surface area contributed by atoms with Gasteiger partial charge in [-0.1, -0.05) is 18.2 Å². The molecule has 6 nitrogen and oxygen atoms in total. The fourth-order valence-corrected chi connectivity index (χ4v) is 2.47. The minimum absolute atomic E-state index is 0.0786. The summed E-state index contributed by atoms with van der Waals surface area (Å²) in [6.07, 6.45) is -0.891. The molecule has 3 rings (SSSR count). The smallest absolute Gasteiger partial charge is 0.319 e. The normalized spacial score (nSPS) is 19.0. The molecule has 0 radical (unpaired) electrons. The van der Waals surface area contributed by atoms with E-state index in [4.69, 9.17) is 10.00 Å². The second-order valence-corrected chi connectivity index (χ2v) is 5.18. The van der Waals surface area contributed by atoms with Gasteiger partial charge in [-0.15, -0.1) is 0 Å². The summed E-state index contributed by atoms with van der Waals surface area (Å²) in [5, 5.41) is 24.6. The lowest BCUT2D eigenvalue weighted by atomic mass is 9.96. The van der Waals surface area contributed by atoms with Crippen LogP contribution in [-0.2, 0) is 0 Å². The summed E-state index contributed by atoms with van der Waals surface area (Å²) >= 11 is 0. The standard InChI is InChI=1S/C17H15N3O3/c18-9-11-6-7-15-13(8-11)16(14(21)10-23-15)20-17(22)19-12-4-2-1-3-5-12/h1-8,14,16,21H,10H2,(H2,19,20,22)/t14-,16-/m0/s1. The van der Waals surface area contributed by atoms with Crippen LogP contribution in [0.2, 0.25) is 0 Å². The van der Waals surface area contributed by atoms with Crippen molar-refractivity contribution in [2.24, 2.45) is 0 Å². The van der Waals surface area contributed by atoms with E-state index in [0.29, 0.717) is 22.6 Å². The average molecular weight is 309 g/mol. The van der Waals surface area contributed by atoms with E-state index in [1.165, 1.54) is 0 Å². The van der Waals surface area contributed by atoms with Gasteiger partial charge in [0.05, 0.1) is 17.7 Å². The Balaban J connectivity index is 1.80. The maximum atomic E-state index is 12.2. The van der Waals surface area contributed by atoms with Gasteiger partial charge in [-0.3, -0.25) is 0 Å². The van der Waals surface area contributed by atoms with Gasteiger partial charge >= 0.3 is 6.03 Å². The third-order valence-corrected chi connectivity index (χ3v) is 3.59. The van der Waals surface area contributed by atoms with Crippen molar-refractivity contribution in [3.8, 4) is 11.8 Å². The number of aliphatic hydroxyl groups is 1. The summed E-state index contributed by atoms with van der Waals surface area (Å²) in [4.78, 5) is 12.2. The van der Waals surface area contributed by atoms with Crippen molar-refractivity contribution in [2.75, 3.05) is 11.9 Å². The van der Waals surface area contributed by atoms with Crippen molar-refractivity contribution < 1.29 is 14.6 Å². The first-order valence-corrected chi connectivity index (χ1v) is 7.15. The number of anilines is 1. The molecule has 0 saturated heterocycles. The number of para-hydroxylation sites is 1. The molecule has 0 spiro atoms. The molecular weight excluding hydrogens is 294 g/mol. The minimum atomic E-state index is -0.891. The molecule has 3 N–H and O–H groups in total. The number of nitriles is 1. The van der Waals surface area contributed by atoms with E-state index in [1.807, 2.05) is 24.3 Å². The number of amides is 2. The van der Waals surface area contributed by atoms with Crippen LogP contribution < -0.4 is 15.4 Å². The van der Waals surface area contributed by atoms with E-state index in [0.717, 1.165) is 0 Å². The Morgan fingerprint density at radius 1 is 1.26 bits per heavy atom. The fraction of sp³-hybridized carbons (Fsp3) is 0.176. The Morgan fingerprint density at radius 2 is 2.04 bits per heavy atom. The van der Waals surface area contributed by atoms with E-state index in [2.05, 4.69) is 10.6 Å². The third-order valence-electron chi connectivity index (χ3n) is 3.59. The van der Waals surface area contributed by atoms with E-state index in [9.17, 15) is 9.90 Å². The first kappa shape index (κ1) is 14.9. The molecule has 2 amide bonds. The monoisotopic (exact) mass is 309 g/mol. The number of hydrogen-bond donors (Lipinski definition) is 3. The molecule has 2 aromatic rings. The number of fused-ring (bicyclic) bond motifs is 1. The molecule has 0 fully saturated rings. The summed E-state index contributed by atoms with van der Waals surface area (Å²) in [5.41, 5.74) is 1.68. The second kappa shape index (κ2) is 6.38. The van der Waals surface area contributed by atoms with Crippen LogP contribution in [-0.4, -0.2) is 23.8 Å². The van der Waals surface area contributed by atoms with Gasteiger partial charge in [-0.25, -0.2) is 4.79 Å². The number of hydrogen-bond acceptors (Lipinski definition) is 4. The lowest BCUT2D eigenvalue weighted by Gasteiger charge is -2.31. The van der Waals surface area contributed by atoms with Crippen molar-refractivity contribution in [2.45, 2.75) is 12.1 Å². The van der Waals surface area contributed by atoms with Gasteiger partial charge in [-0.05, 0) is 30.3 Å². The molecular formula is C17H15N3O3. The van der Waals surface area contributed by atoms with Gasteiger partial charge in [0.2, 0.25) is 0 Å². The van der Waals surface area contributed by atoms with Gasteiger partial charge in [0.1, 0.15) is 18.5 Å². The van der Waals surface area contributed by atoms with Crippen LogP contribution in [0.15, 0.2) is 48.5 Å². The molecule has 0 bridgehead atoms. The zero-order chi connectivity index (χ0) is 16.2. The summed E-state index contributed by atoms with van der Waals surface area (Å²) in [5.74, 6) is 0.555. The molecule has 1 aliphatic heterocycles. The van der Waals surface area contributed by atoms with Gasteiger partial charge in [0, 0.05) is 11.3 Å². The summed E-state index contributed by atoms with van der Waals surface area (Å²) in [6.45, 7) is 0.0786. The number of benzene rings is 2. The Morgan fingerprint density at radius 3 is 2.78 bits per heavy atom. The summed E-state index contributed by atoms with van der Waals surface area (Å²) in [6, 6.07) is 14.9. The van der Waals surface area contributed by atoms with Gasteiger partial charge in [0.15, 0.2) is 0 Å². The SMILES string of the molecule is N#Cc1ccc2c(c1)[C@H](NC(=O)Nc1ccccc1)[C@@H](O)CO2. The second-order valence-electron chi connectivity index (χ2n) is 5.18. The molecule has 23 heavy (non-hydrogen) atoms. The number of rotatable bonds is 2. The zero-order valence-electron chi connectivity index (χ0n) is 12.2. The molecule has 1 heterocycles. The van der Waals surface area contributed by atoms with Crippen molar-refractivity contribution in [1.29, 1.82) is 5.26 Å². The van der Waals surface area contributed by atoms with Gasteiger partial charge < -0.3 is 20.5 Å². The quantitative estimate of drug-likeness (QED) is 0.792. The van der Waals surface area contributed by atoms with Crippen LogP contribution in [0.4, 0.5) is 10.5 Å². The van der Waals surface area contributed by atoms with Gasteiger partial charge in [0.25, 0.3) is 0 Å². The Hall–Kier alpha value is -3.04. The number of nitrogens with zero attached hydrogens (tertiary/aromatic N) is 1. The molecule has 2 atom stereocenters. The highest BCUT2D eigenvalue weighted by Crippen LogP contribution is 2.33. The number of aliphatic hydroxyl groups excluding tert-OH is 1. The summed E-state index contributed by atoms with van der Waals surface area (Å²) in [7, 11) is 0. The Kier molecular flexibility index (Phi) is 4.13. The lowest BCUT2D eigenvalue weighted by Crippen LogP contribution is -2.43. The fourth-order valence-electron chi connectivity index (χ4n) is 2.47. The molecule has 0 aliphatic carbocycles. The van der Waals surface area contributed by atoms with E-state index < -0.39 is 18.2 Å². The van der Waals surface area contributed by atoms with E-state index >= 15 is 0 Å². The van der Waals surface area contributed by atoms with Crippen molar-refractivity contribution in [3.63, 3.8) is 0 Å². The number of nitrogens with one attached hydrogen (secondary N) is 2. The predicted molar refractivity (Wildman–Crippen MR) is 84.0 cm³/mol. The lowest BCUT2D eigenvalue weighted by molar-refractivity contribution is 0.0589. The maximum absolute atomic E-state index is 12.2. The first-order valence-electron chi connectivity index (χ1n) is 7.15. The van der Waals surface area contributed by atoms with Crippen LogP contribution in [0.5, 0.6) is 5.75 Å². The van der Waals surface area contributed by atoms with E-state index in [-0.39, 0.29) is 6.61 Å². The highest BCUT2D eigenvalue weighted by atomic mass is 16.5. The van der Waals surface area contributed by atoms with Crippen LogP contribution in [0.25, 0.3) is 0 Å². The third kappa shape index (κ3) is 3.25. The minimum Gasteiger partial charge on any atom is -0.490 e. The van der Waals surface area contributed by atoms with Crippen LogP contribution >= 0.6 is 0 Å². The molecule has 116 valence electrons. The number of carbonyl (C=O) groups is 1. The summed E-state index contributed by atoms with van der Waals surface area (Å²) < 4.78 is 5.43. The van der Waals surface area contributed by atoms with E-state index in [1.54, 1.807) is 30.3 Å². The Labute approximate surface area is 133 Å². The van der Waals surface area contributed by atoms with Crippen LogP contribution in [0.1, 0.15) is 17.2 Å². The largest absolute Gasteiger partial charge is 0.490 e. The number of urea groups is 1. The zero-order valence-corrected chi connectivity index (χ0v) is 12.2. The molecule has 2 aromatic carbocycles. The Bertz CT molecular complexity index is 755. The van der Waals surface area contributed by atoms with Crippen molar-refractivity contribution >= 4 is 11.7 Å². The van der Waals surface area contributed by atoms with Gasteiger partial charge in [-0.2, -0.15) is 5.26 Å². The first-order chi connectivity index (χ1) is 11.2. The molecule has 0 saturated carbocycles. The number of carbonyl (C=O) groups excluding carboxylic acids is 1. The average Bonchev–Trinajstić information content (AvgIpc) is 2.58. The maximum Gasteiger partial charge on any atom is 0.319 e. The molecule has 0 unspecified atom stereocenters. The highest BCUT2D eigenvalue weighted by molar-refractivity contribution is 5.89. The van der Waals surface area contributed by atoms with Crippen LogP contribution in [0.3, 0.4) is 0 Å². The van der Waals surface area contributed by atoms with Crippen molar-refractivity contribution in [3.05, 3.63) is 59.7 Å². The molecule has 6 heteroatoms. The topological polar surface area (TPSA) is 94.4 Å². The molecule has 1 aliphatic rings. The number of ether oxygens (including phenoxy) is 1. The molecule has 0 aromatic heterocycles. The highest BCUT2D eigenvalue weighted by Gasteiger charge is 2.31. The predicted octanol–water partition coefficient (Wildman–Crippen LogP) is 2.17.